The van der Waals surface area contributed by atoms with Gasteiger partial charge in [0.2, 0.25) is 0 Å². The Labute approximate surface area is 198 Å². The van der Waals surface area contributed by atoms with Gasteiger partial charge < -0.3 is 19.5 Å². The van der Waals surface area contributed by atoms with Gasteiger partial charge in [0, 0.05) is 34.3 Å². The lowest BCUT2D eigenvalue weighted by molar-refractivity contribution is -0.136. The number of allylic oxidation sites excluding steroid dienone is 3. The van der Waals surface area contributed by atoms with E-state index in [2.05, 4.69) is 5.32 Å². The van der Waals surface area contributed by atoms with E-state index in [-0.39, 0.29) is 11.7 Å². The third-order valence-corrected chi connectivity index (χ3v) is 6.66. The number of hydrogen-bond acceptors (Lipinski definition) is 6. The molecule has 0 fully saturated rings. The summed E-state index contributed by atoms with van der Waals surface area (Å²) in [6, 6.07) is 13.0. The van der Waals surface area contributed by atoms with Gasteiger partial charge in [-0.3, -0.25) is 4.79 Å². The summed E-state index contributed by atoms with van der Waals surface area (Å²) in [6.07, 6.45) is 0.919. The van der Waals surface area contributed by atoms with Gasteiger partial charge in [0.15, 0.2) is 17.3 Å². The van der Waals surface area contributed by atoms with Gasteiger partial charge in [0.1, 0.15) is 0 Å². The number of rotatable bonds is 5. The average molecular weight is 468 g/mol. The first-order valence-electron chi connectivity index (χ1n) is 10.7. The molecule has 0 unspecified atom stereocenters. The number of halogens is 1. The van der Waals surface area contributed by atoms with Crippen molar-refractivity contribution in [2.24, 2.45) is 0 Å². The quantitative estimate of drug-likeness (QED) is 0.631. The number of methoxy groups -OCH3 is 3. The van der Waals surface area contributed by atoms with Crippen LogP contribution in [0.1, 0.15) is 42.7 Å². The molecule has 7 heteroatoms. The first kappa shape index (κ1) is 22.9. The van der Waals surface area contributed by atoms with Crippen LogP contribution in [0.15, 0.2) is 65.0 Å². The largest absolute Gasteiger partial charge is 0.493 e. The minimum atomic E-state index is -0.576. The number of carbonyl (C=O) groups excluding carboxylic acids is 2. The summed E-state index contributed by atoms with van der Waals surface area (Å²) in [5.74, 6) is -0.0351. The zero-order valence-electron chi connectivity index (χ0n) is 19.0. The summed E-state index contributed by atoms with van der Waals surface area (Å²) in [4.78, 5) is 26.4. The van der Waals surface area contributed by atoms with Gasteiger partial charge in [-0.2, -0.15) is 0 Å². The number of carbonyl (C=O) groups is 2. The summed E-state index contributed by atoms with van der Waals surface area (Å²) in [5, 5.41) is 3.97. The molecule has 2 aromatic carbocycles. The van der Waals surface area contributed by atoms with Gasteiger partial charge in [-0.25, -0.2) is 4.79 Å². The number of nitrogens with one attached hydrogen (secondary N) is 1. The van der Waals surface area contributed by atoms with Crippen LogP contribution in [0.25, 0.3) is 0 Å². The minimum Gasteiger partial charge on any atom is -0.493 e. The predicted molar refractivity (Wildman–Crippen MR) is 126 cm³/mol. The molecule has 2 aromatic rings. The molecule has 172 valence electrons. The molecule has 0 amide bonds. The van der Waals surface area contributed by atoms with Crippen molar-refractivity contribution in [1.29, 1.82) is 0 Å². The van der Waals surface area contributed by atoms with Crippen LogP contribution in [0.5, 0.6) is 11.5 Å². The molecular weight excluding hydrogens is 442 g/mol. The Morgan fingerprint density at radius 1 is 1.03 bits per heavy atom. The van der Waals surface area contributed by atoms with E-state index in [4.69, 9.17) is 25.8 Å². The second-order valence-corrected chi connectivity index (χ2v) is 8.55. The lowest BCUT2D eigenvalue weighted by Crippen LogP contribution is -2.36. The Morgan fingerprint density at radius 2 is 1.76 bits per heavy atom. The molecule has 6 nitrogen and oxygen atoms in total. The highest BCUT2D eigenvalue weighted by atomic mass is 35.5. The molecule has 0 spiro atoms. The molecule has 0 saturated heterocycles. The summed E-state index contributed by atoms with van der Waals surface area (Å²) in [5.41, 5.74) is 4.16. The normalized spacial score (nSPS) is 20.2. The van der Waals surface area contributed by atoms with Crippen LogP contribution in [0.2, 0.25) is 5.02 Å². The Hall–Kier alpha value is -3.25. The number of benzene rings is 2. The van der Waals surface area contributed by atoms with E-state index in [1.54, 1.807) is 20.3 Å². The summed E-state index contributed by atoms with van der Waals surface area (Å²) < 4.78 is 15.9. The second-order valence-electron chi connectivity index (χ2n) is 8.14. The molecule has 2 atom stereocenters. The van der Waals surface area contributed by atoms with E-state index in [0.29, 0.717) is 46.2 Å². The fourth-order valence-corrected chi connectivity index (χ4v) is 5.10. The number of ether oxygens (including phenoxy) is 3. The van der Waals surface area contributed by atoms with Crippen LogP contribution in [0.4, 0.5) is 0 Å². The molecule has 0 saturated carbocycles. The van der Waals surface area contributed by atoms with Gasteiger partial charge in [-0.1, -0.05) is 35.9 Å². The summed E-state index contributed by atoms with van der Waals surface area (Å²) in [7, 11) is 4.46. The van der Waals surface area contributed by atoms with E-state index in [1.807, 2.05) is 43.3 Å². The molecule has 1 heterocycles. The highest BCUT2D eigenvalue weighted by Gasteiger charge is 2.41. The standard InChI is InChI=1S/C26H26ClNO5/c1-14-23(26(30)33-4)24(15-9-10-21(31-2)22(13-15)32-3)25-19(28-14)11-16(12-20(25)29)17-7-5-6-8-18(17)27/h5-10,13,16,24,28H,11-12H2,1-4H3/t16-,24-/m1/s1. The van der Waals surface area contributed by atoms with E-state index < -0.39 is 11.9 Å². The molecular formula is C26H26ClNO5. The van der Waals surface area contributed by atoms with Crippen molar-refractivity contribution in [3.05, 3.63) is 81.2 Å². The molecule has 4 rings (SSSR count). The fraction of sp³-hybridized carbons (Fsp3) is 0.308. The van der Waals surface area contributed by atoms with Gasteiger partial charge in [-0.05, 0) is 48.6 Å². The van der Waals surface area contributed by atoms with Crippen molar-refractivity contribution in [2.45, 2.75) is 31.6 Å². The Balaban J connectivity index is 1.84. The molecule has 1 aliphatic carbocycles. The van der Waals surface area contributed by atoms with Crippen LogP contribution in [0, 0.1) is 0 Å². The highest BCUT2D eigenvalue weighted by Crippen LogP contribution is 2.47. The van der Waals surface area contributed by atoms with Crippen molar-refractivity contribution in [3.8, 4) is 11.5 Å². The Kier molecular flexibility index (Phi) is 6.47. The van der Waals surface area contributed by atoms with Crippen molar-refractivity contribution in [2.75, 3.05) is 21.3 Å². The number of ketones is 1. The molecule has 0 aromatic heterocycles. The van der Waals surface area contributed by atoms with Gasteiger partial charge in [-0.15, -0.1) is 0 Å². The number of hydrogen-bond donors (Lipinski definition) is 1. The zero-order valence-corrected chi connectivity index (χ0v) is 19.8. The third kappa shape index (κ3) is 4.11. The maximum Gasteiger partial charge on any atom is 0.336 e. The number of dihydropyridines is 1. The smallest absolute Gasteiger partial charge is 0.336 e. The second kappa shape index (κ2) is 9.32. The van der Waals surface area contributed by atoms with Crippen molar-refractivity contribution in [3.63, 3.8) is 0 Å². The van der Waals surface area contributed by atoms with Crippen LogP contribution in [-0.4, -0.2) is 33.1 Å². The molecule has 1 N–H and O–H groups in total. The van der Waals surface area contributed by atoms with E-state index in [9.17, 15) is 9.59 Å². The van der Waals surface area contributed by atoms with E-state index >= 15 is 0 Å². The van der Waals surface area contributed by atoms with Gasteiger partial charge in [0.05, 0.1) is 26.9 Å². The van der Waals surface area contributed by atoms with Crippen molar-refractivity contribution >= 4 is 23.4 Å². The predicted octanol–water partition coefficient (Wildman–Crippen LogP) is 4.89. The molecule has 1 aliphatic heterocycles. The zero-order chi connectivity index (χ0) is 23.7. The SMILES string of the molecule is COC(=O)C1=C(C)NC2=C(C(=O)C[C@H](c3ccccc3Cl)C2)[C@@H]1c1ccc(OC)c(OC)c1. The van der Waals surface area contributed by atoms with Crippen molar-refractivity contribution < 1.29 is 23.8 Å². The molecule has 0 bridgehead atoms. The first-order valence-corrected chi connectivity index (χ1v) is 11.1. The summed E-state index contributed by atoms with van der Waals surface area (Å²) >= 11 is 6.44. The first-order chi connectivity index (χ1) is 15.9. The minimum absolute atomic E-state index is 0.0256. The van der Waals surface area contributed by atoms with E-state index in [1.165, 1.54) is 7.11 Å². The number of esters is 1. The van der Waals surface area contributed by atoms with E-state index in [0.717, 1.165) is 16.8 Å². The Bertz CT molecular complexity index is 1180. The van der Waals surface area contributed by atoms with Crippen LogP contribution in [0.3, 0.4) is 0 Å². The molecule has 33 heavy (non-hydrogen) atoms. The Morgan fingerprint density at radius 3 is 2.42 bits per heavy atom. The average Bonchev–Trinajstić information content (AvgIpc) is 2.82. The maximum atomic E-state index is 13.6. The lowest BCUT2D eigenvalue weighted by atomic mass is 9.71. The van der Waals surface area contributed by atoms with Crippen molar-refractivity contribution in [1.82, 2.24) is 5.32 Å². The lowest BCUT2D eigenvalue weighted by Gasteiger charge is -2.36. The number of Topliss-reactive ketones (excluding diaryl/α,β-unsaturated/α-hetero) is 1. The third-order valence-electron chi connectivity index (χ3n) is 6.32. The van der Waals surface area contributed by atoms with Crippen LogP contribution >= 0.6 is 11.6 Å². The summed E-state index contributed by atoms with van der Waals surface area (Å²) in [6.45, 7) is 1.83. The molecule has 0 radical (unpaired) electrons. The highest BCUT2D eigenvalue weighted by molar-refractivity contribution is 6.31. The fourth-order valence-electron chi connectivity index (χ4n) is 4.81. The van der Waals surface area contributed by atoms with Gasteiger partial charge >= 0.3 is 5.97 Å². The topological polar surface area (TPSA) is 73.9 Å². The van der Waals surface area contributed by atoms with Gasteiger partial charge in [0.25, 0.3) is 0 Å². The van der Waals surface area contributed by atoms with Crippen LogP contribution in [-0.2, 0) is 14.3 Å². The molecule has 2 aliphatic rings. The monoisotopic (exact) mass is 467 g/mol. The van der Waals surface area contributed by atoms with Crippen LogP contribution < -0.4 is 14.8 Å². The maximum absolute atomic E-state index is 13.6.